The minimum atomic E-state index is -1.01. The van der Waals surface area contributed by atoms with Gasteiger partial charge in [-0.25, -0.2) is 4.79 Å². The molecule has 1 aliphatic carbocycles. The maximum atomic E-state index is 13.0. The first-order chi connectivity index (χ1) is 13.7. The third-order valence-corrected chi connectivity index (χ3v) is 6.11. The molecule has 6 unspecified atom stereocenters. The standard InChI is InChI=1S/C22H31NO6/c1-11(2)9-15-17(25)10-13-5-4-6-16(24)18(13)22(28)29-20-14(21(27)23-15)8-7-12(3)19(20)26/h4-6,11-12,14-15,17,19-20,24-26H,7-10H2,1-3H3,(H,23,27). The number of fused-ring (bicyclic) bond motifs is 2. The number of benzene rings is 1. The van der Waals surface area contributed by atoms with Gasteiger partial charge in [-0.2, -0.15) is 0 Å². The van der Waals surface area contributed by atoms with Gasteiger partial charge in [0, 0.05) is 6.42 Å². The molecule has 0 spiro atoms. The van der Waals surface area contributed by atoms with Crippen LogP contribution in [0.15, 0.2) is 18.2 Å². The van der Waals surface area contributed by atoms with Gasteiger partial charge in [0.15, 0.2) is 0 Å². The van der Waals surface area contributed by atoms with Crippen molar-refractivity contribution in [2.45, 2.75) is 70.8 Å². The summed E-state index contributed by atoms with van der Waals surface area (Å²) in [7, 11) is 0. The number of esters is 1. The quantitative estimate of drug-likeness (QED) is 0.558. The number of aliphatic hydroxyl groups excluding tert-OH is 2. The number of hydrogen-bond donors (Lipinski definition) is 4. The zero-order valence-corrected chi connectivity index (χ0v) is 17.2. The highest BCUT2D eigenvalue weighted by molar-refractivity contribution is 5.94. The van der Waals surface area contributed by atoms with Crippen LogP contribution in [0, 0.1) is 17.8 Å². The zero-order valence-electron chi connectivity index (χ0n) is 17.2. The van der Waals surface area contributed by atoms with Gasteiger partial charge in [-0.1, -0.05) is 32.9 Å². The molecule has 160 valence electrons. The zero-order chi connectivity index (χ0) is 21.3. The van der Waals surface area contributed by atoms with Gasteiger partial charge in [-0.05, 0) is 42.7 Å². The number of phenols is 1. The molecule has 3 rings (SSSR count). The van der Waals surface area contributed by atoms with E-state index >= 15 is 0 Å². The summed E-state index contributed by atoms with van der Waals surface area (Å²) in [5, 5.41) is 34.8. The van der Waals surface area contributed by atoms with Crippen LogP contribution in [0.1, 0.15) is 56.0 Å². The molecular formula is C22H31NO6. The fraction of sp³-hybridized carbons (Fsp3) is 0.636. The van der Waals surface area contributed by atoms with E-state index in [-0.39, 0.29) is 35.5 Å². The SMILES string of the molecule is CC(C)CC1NC(=O)C2CCC(C)C(O)C2OC(=O)c2c(O)cccc2CC1O. The Balaban J connectivity index is 2.05. The molecule has 6 atom stereocenters. The van der Waals surface area contributed by atoms with Crippen LogP contribution in [0.25, 0.3) is 0 Å². The van der Waals surface area contributed by atoms with E-state index < -0.39 is 36.2 Å². The fourth-order valence-corrected chi connectivity index (χ4v) is 4.42. The lowest BCUT2D eigenvalue weighted by Gasteiger charge is -2.38. The van der Waals surface area contributed by atoms with Crippen molar-refractivity contribution >= 4 is 11.9 Å². The van der Waals surface area contributed by atoms with Gasteiger partial charge >= 0.3 is 5.97 Å². The molecule has 0 bridgehead atoms. The summed E-state index contributed by atoms with van der Waals surface area (Å²) in [4.78, 5) is 26.0. The number of aromatic hydroxyl groups is 1. The van der Waals surface area contributed by atoms with Crippen molar-refractivity contribution in [2.24, 2.45) is 17.8 Å². The molecule has 2 aliphatic rings. The monoisotopic (exact) mass is 405 g/mol. The van der Waals surface area contributed by atoms with Gasteiger partial charge in [-0.3, -0.25) is 4.79 Å². The Morgan fingerprint density at radius 3 is 2.62 bits per heavy atom. The maximum Gasteiger partial charge on any atom is 0.342 e. The van der Waals surface area contributed by atoms with Crippen LogP contribution in [0.2, 0.25) is 0 Å². The molecule has 4 N–H and O–H groups in total. The molecule has 0 saturated heterocycles. The predicted octanol–water partition coefficient (Wildman–Crippen LogP) is 1.77. The summed E-state index contributed by atoms with van der Waals surface area (Å²) in [6.07, 6.45) is -1.16. The van der Waals surface area contributed by atoms with Crippen LogP contribution in [0.3, 0.4) is 0 Å². The van der Waals surface area contributed by atoms with Gasteiger partial charge in [-0.15, -0.1) is 0 Å². The molecule has 1 saturated carbocycles. The highest BCUT2D eigenvalue weighted by atomic mass is 16.6. The molecule has 0 radical (unpaired) electrons. The molecule has 7 heteroatoms. The Morgan fingerprint density at radius 2 is 1.93 bits per heavy atom. The Bertz CT molecular complexity index is 764. The molecule has 29 heavy (non-hydrogen) atoms. The Hall–Kier alpha value is -2.12. The lowest BCUT2D eigenvalue weighted by Crippen LogP contribution is -2.54. The molecule has 1 heterocycles. The second-order valence-corrected chi connectivity index (χ2v) is 8.85. The summed E-state index contributed by atoms with van der Waals surface area (Å²) in [6.45, 7) is 5.87. The van der Waals surface area contributed by atoms with Crippen LogP contribution in [-0.4, -0.2) is 51.5 Å². The van der Waals surface area contributed by atoms with Crippen molar-refractivity contribution in [3.63, 3.8) is 0 Å². The number of hydrogen-bond acceptors (Lipinski definition) is 6. The van der Waals surface area contributed by atoms with E-state index in [1.165, 1.54) is 6.07 Å². The molecule has 1 fully saturated rings. The fourth-order valence-electron chi connectivity index (χ4n) is 4.42. The molecule has 1 aromatic rings. The number of carbonyl (C=O) groups is 2. The van der Waals surface area contributed by atoms with Gasteiger partial charge in [0.2, 0.25) is 5.91 Å². The molecule has 1 aliphatic heterocycles. The third kappa shape index (κ3) is 4.56. The van der Waals surface area contributed by atoms with E-state index in [2.05, 4.69) is 5.32 Å². The summed E-state index contributed by atoms with van der Waals surface area (Å²) in [5.41, 5.74) is 0.427. The summed E-state index contributed by atoms with van der Waals surface area (Å²) >= 11 is 0. The predicted molar refractivity (Wildman–Crippen MR) is 106 cm³/mol. The van der Waals surface area contributed by atoms with Crippen molar-refractivity contribution in [1.29, 1.82) is 0 Å². The number of rotatable bonds is 2. The van der Waals surface area contributed by atoms with E-state index in [0.29, 0.717) is 24.8 Å². The lowest BCUT2D eigenvalue weighted by atomic mass is 9.77. The summed E-state index contributed by atoms with van der Waals surface area (Å²) in [5.74, 6) is -1.96. The van der Waals surface area contributed by atoms with E-state index in [1.54, 1.807) is 12.1 Å². The Kier molecular flexibility index (Phi) is 6.49. The van der Waals surface area contributed by atoms with Crippen molar-refractivity contribution < 1.29 is 29.6 Å². The van der Waals surface area contributed by atoms with Crippen molar-refractivity contribution in [3.8, 4) is 5.75 Å². The lowest BCUT2D eigenvalue weighted by molar-refractivity contribution is -0.141. The number of carbonyl (C=O) groups excluding carboxylic acids is 2. The molecule has 7 nitrogen and oxygen atoms in total. The van der Waals surface area contributed by atoms with E-state index in [1.807, 2.05) is 20.8 Å². The summed E-state index contributed by atoms with van der Waals surface area (Å²) < 4.78 is 5.61. The average Bonchev–Trinajstić information content (AvgIpc) is 2.65. The van der Waals surface area contributed by atoms with Gasteiger partial charge < -0.3 is 25.4 Å². The topological polar surface area (TPSA) is 116 Å². The second-order valence-electron chi connectivity index (χ2n) is 8.85. The van der Waals surface area contributed by atoms with Crippen LogP contribution in [-0.2, 0) is 16.0 Å². The van der Waals surface area contributed by atoms with Gasteiger partial charge in [0.25, 0.3) is 0 Å². The number of amides is 1. The Morgan fingerprint density at radius 1 is 1.21 bits per heavy atom. The molecule has 1 aromatic carbocycles. The van der Waals surface area contributed by atoms with Gasteiger partial charge in [0.1, 0.15) is 17.4 Å². The number of nitrogens with one attached hydrogen (secondary N) is 1. The van der Waals surface area contributed by atoms with Crippen LogP contribution in [0.4, 0.5) is 0 Å². The minimum absolute atomic E-state index is 0.0200. The normalized spacial score (nSPS) is 33.2. The van der Waals surface area contributed by atoms with Crippen LogP contribution < -0.4 is 5.32 Å². The van der Waals surface area contributed by atoms with E-state index in [4.69, 9.17) is 4.74 Å². The maximum absolute atomic E-state index is 13.0. The van der Waals surface area contributed by atoms with E-state index in [0.717, 1.165) is 0 Å². The average molecular weight is 405 g/mol. The van der Waals surface area contributed by atoms with Crippen LogP contribution in [0.5, 0.6) is 5.75 Å². The van der Waals surface area contributed by atoms with Crippen LogP contribution >= 0.6 is 0 Å². The van der Waals surface area contributed by atoms with Crippen molar-refractivity contribution in [2.75, 3.05) is 0 Å². The minimum Gasteiger partial charge on any atom is -0.507 e. The smallest absolute Gasteiger partial charge is 0.342 e. The molecule has 1 amide bonds. The first kappa shape index (κ1) is 21.6. The largest absolute Gasteiger partial charge is 0.507 e. The Labute approximate surface area is 171 Å². The van der Waals surface area contributed by atoms with Gasteiger partial charge in [0.05, 0.1) is 24.2 Å². The highest BCUT2D eigenvalue weighted by Crippen LogP contribution is 2.34. The van der Waals surface area contributed by atoms with Crippen molar-refractivity contribution in [1.82, 2.24) is 5.32 Å². The number of ether oxygens (including phenoxy) is 1. The van der Waals surface area contributed by atoms with Crippen molar-refractivity contribution in [3.05, 3.63) is 29.3 Å². The third-order valence-electron chi connectivity index (χ3n) is 6.11. The second kappa shape index (κ2) is 8.71. The van der Waals surface area contributed by atoms with E-state index in [9.17, 15) is 24.9 Å². The number of aliphatic hydroxyl groups is 2. The number of phenolic OH excluding ortho intramolecular Hbond substituents is 1. The molecule has 0 aromatic heterocycles. The first-order valence-corrected chi connectivity index (χ1v) is 10.4. The first-order valence-electron chi connectivity index (χ1n) is 10.4. The molecular weight excluding hydrogens is 374 g/mol. The highest BCUT2D eigenvalue weighted by Gasteiger charge is 2.44. The summed E-state index contributed by atoms with van der Waals surface area (Å²) in [6, 6.07) is 4.13.